The van der Waals surface area contributed by atoms with Gasteiger partial charge in [0.05, 0.1) is 0 Å². The molecule has 164 valence electrons. The quantitative estimate of drug-likeness (QED) is 0.450. The Bertz CT molecular complexity index is 443. The van der Waals surface area contributed by atoms with Crippen molar-refractivity contribution in [3.05, 3.63) is 0 Å². The maximum Gasteiger partial charge on any atom is 0.432 e. The summed E-state index contributed by atoms with van der Waals surface area (Å²) in [7, 11) is 0. The Morgan fingerprint density at radius 1 is 0.370 bits per heavy atom. The molecule has 0 N–H and O–H groups in total. The summed E-state index contributed by atoms with van der Waals surface area (Å²) in [6, 6.07) is 0. The molecule has 0 aromatic rings. The van der Waals surface area contributed by atoms with Gasteiger partial charge in [-0.1, -0.05) is 0 Å². The van der Waals surface area contributed by atoms with Crippen molar-refractivity contribution < 1.29 is 79.0 Å². The summed E-state index contributed by atoms with van der Waals surface area (Å²) in [6.45, 7) is 0. The first-order valence-corrected chi connectivity index (χ1v) is 5.63. The van der Waals surface area contributed by atoms with Crippen molar-refractivity contribution in [1.29, 1.82) is 0 Å². The predicted molar refractivity (Wildman–Crippen MR) is 46.3 cm³/mol. The van der Waals surface area contributed by atoms with Gasteiger partial charge in [0.1, 0.15) is 5.92 Å². The standard InChI is InChI=1S/C9H2F18/c10-2(5(13,14)15)1(3(11,6(16,17)18)7(19,20)21)4(12,8(22,23)24)9(25,26)27/h1-2H. The lowest BCUT2D eigenvalue weighted by Gasteiger charge is -2.45. The molecule has 0 amide bonds. The van der Waals surface area contributed by atoms with Crippen molar-refractivity contribution in [2.24, 2.45) is 5.92 Å². The van der Waals surface area contributed by atoms with Gasteiger partial charge in [-0.05, 0) is 0 Å². The maximum absolute atomic E-state index is 13.6. The minimum absolute atomic E-state index is 6.53. The van der Waals surface area contributed by atoms with E-state index >= 15 is 0 Å². The molecule has 1 unspecified atom stereocenters. The molecule has 0 saturated heterocycles. The molecule has 0 fully saturated rings. The summed E-state index contributed by atoms with van der Waals surface area (Å²) < 4.78 is 225. The van der Waals surface area contributed by atoms with E-state index in [-0.39, 0.29) is 0 Å². The lowest BCUT2D eigenvalue weighted by molar-refractivity contribution is -0.432. The van der Waals surface area contributed by atoms with E-state index < -0.39 is 54.3 Å². The SMILES string of the molecule is FC(C(C(F)(C(F)(F)F)C(F)(F)F)C(F)(C(F)(F)F)C(F)(F)F)C(F)(F)F. The zero-order valence-corrected chi connectivity index (χ0v) is 11.5. The third-order valence-corrected chi connectivity index (χ3v) is 3.11. The first-order valence-electron chi connectivity index (χ1n) is 5.63. The molecule has 0 nitrogen and oxygen atoms in total. The van der Waals surface area contributed by atoms with E-state index in [1.807, 2.05) is 0 Å². The van der Waals surface area contributed by atoms with Gasteiger partial charge < -0.3 is 0 Å². The molecular weight excluding hydrogens is 450 g/mol. The fourth-order valence-corrected chi connectivity index (χ4v) is 1.89. The molecule has 0 bridgehead atoms. The monoisotopic (exact) mass is 452 g/mol. The van der Waals surface area contributed by atoms with Gasteiger partial charge in [0.2, 0.25) is 6.17 Å². The normalized spacial score (nSPS) is 17.4. The van der Waals surface area contributed by atoms with Gasteiger partial charge in [-0.2, -0.15) is 65.9 Å². The number of alkyl halides is 18. The fourth-order valence-electron chi connectivity index (χ4n) is 1.89. The van der Waals surface area contributed by atoms with Crippen LogP contribution in [0.2, 0.25) is 0 Å². The van der Waals surface area contributed by atoms with Crippen LogP contribution in [0.5, 0.6) is 0 Å². The van der Waals surface area contributed by atoms with Crippen LogP contribution in [-0.4, -0.2) is 48.4 Å². The van der Waals surface area contributed by atoms with Crippen molar-refractivity contribution in [3.8, 4) is 0 Å². The van der Waals surface area contributed by atoms with Crippen molar-refractivity contribution in [2.45, 2.75) is 48.4 Å². The van der Waals surface area contributed by atoms with Crippen LogP contribution in [0.3, 0.4) is 0 Å². The summed E-state index contributed by atoms with van der Waals surface area (Å²) in [6.07, 6.45) is -46.2. The first kappa shape index (κ1) is 25.7. The molecule has 0 rings (SSSR count). The van der Waals surface area contributed by atoms with Gasteiger partial charge in [-0.25, -0.2) is 13.2 Å². The minimum Gasteiger partial charge on any atom is -0.237 e. The molecule has 0 aromatic heterocycles. The summed E-state index contributed by atoms with van der Waals surface area (Å²) in [5.41, 5.74) is -16.5. The molecule has 0 saturated carbocycles. The van der Waals surface area contributed by atoms with Crippen LogP contribution in [0.4, 0.5) is 79.0 Å². The predicted octanol–water partition coefficient (Wildman–Crippen LogP) is 6.17. The molecule has 0 spiro atoms. The van der Waals surface area contributed by atoms with Crippen LogP contribution in [0.1, 0.15) is 0 Å². The lowest BCUT2D eigenvalue weighted by atomic mass is 9.72. The molecule has 27 heavy (non-hydrogen) atoms. The van der Waals surface area contributed by atoms with Crippen molar-refractivity contribution in [2.75, 3.05) is 0 Å². The topological polar surface area (TPSA) is 0 Å². The van der Waals surface area contributed by atoms with E-state index in [4.69, 9.17) is 0 Å². The Kier molecular flexibility index (Phi) is 6.08. The van der Waals surface area contributed by atoms with E-state index in [1.165, 1.54) is 0 Å². The van der Waals surface area contributed by atoms with E-state index in [0.29, 0.717) is 0 Å². The van der Waals surface area contributed by atoms with Crippen LogP contribution in [0, 0.1) is 5.92 Å². The molecule has 0 aromatic carbocycles. The van der Waals surface area contributed by atoms with Crippen LogP contribution in [-0.2, 0) is 0 Å². The number of hydrogen-bond donors (Lipinski definition) is 0. The van der Waals surface area contributed by atoms with E-state index in [1.54, 1.807) is 0 Å². The molecule has 0 radical (unpaired) electrons. The van der Waals surface area contributed by atoms with Crippen LogP contribution < -0.4 is 0 Å². The van der Waals surface area contributed by atoms with E-state index in [9.17, 15) is 79.0 Å². The van der Waals surface area contributed by atoms with Crippen LogP contribution in [0.25, 0.3) is 0 Å². The Hall–Kier alpha value is -1.26. The van der Waals surface area contributed by atoms with E-state index in [2.05, 4.69) is 0 Å². The molecule has 0 aliphatic heterocycles. The number of hydrogen-bond acceptors (Lipinski definition) is 0. The van der Waals surface area contributed by atoms with Gasteiger partial charge >= 0.3 is 42.2 Å². The second kappa shape index (κ2) is 6.38. The zero-order chi connectivity index (χ0) is 22.7. The summed E-state index contributed by atoms with van der Waals surface area (Å²) >= 11 is 0. The highest BCUT2D eigenvalue weighted by Gasteiger charge is 2.91. The van der Waals surface area contributed by atoms with E-state index in [0.717, 1.165) is 0 Å². The average molecular weight is 452 g/mol. The number of halogens is 18. The molecule has 0 aliphatic carbocycles. The average Bonchev–Trinajstić information content (AvgIpc) is 2.31. The second-order valence-electron chi connectivity index (χ2n) is 4.84. The Balaban J connectivity index is 7.43. The van der Waals surface area contributed by atoms with Crippen LogP contribution in [0.15, 0.2) is 0 Å². The van der Waals surface area contributed by atoms with Crippen LogP contribution >= 0.6 is 0 Å². The van der Waals surface area contributed by atoms with Gasteiger partial charge in [-0.15, -0.1) is 0 Å². The highest BCUT2D eigenvalue weighted by Crippen LogP contribution is 2.63. The number of rotatable bonds is 3. The Morgan fingerprint density at radius 2 is 0.556 bits per heavy atom. The molecule has 0 aliphatic rings. The Labute approximate surface area is 135 Å². The Morgan fingerprint density at radius 3 is 0.667 bits per heavy atom. The zero-order valence-electron chi connectivity index (χ0n) is 11.5. The van der Waals surface area contributed by atoms with Crippen molar-refractivity contribution in [1.82, 2.24) is 0 Å². The minimum atomic E-state index is -8.24. The van der Waals surface area contributed by atoms with Gasteiger partial charge in [0.25, 0.3) is 0 Å². The summed E-state index contributed by atoms with van der Waals surface area (Å²) in [4.78, 5) is 0. The molecule has 1 atom stereocenters. The maximum atomic E-state index is 13.6. The fraction of sp³-hybridized carbons (Fsp3) is 1.00. The third kappa shape index (κ3) is 3.97. The smallest absolute Gasteiger partial charge is 0.237 e. The molecule has 18 heteroatoms. The highest BCUT2D eigenvalue weighted by molar-refractivity contribution is 5.15. The molecular formula is C9H2F18. The summed E-state index contributed by atoms with van der Waals surface area (Å²) in [5.74, 6) is -7.05. The summed E-state index contributed by atoms with van der Waals surface area (Å²) in [5, 5.41) is 0. The van der Waals surface area contributed by atoms with Gasteiger partial charge in [0, 0.05) is 0 Å². The van der Waals surface area contributed by atoms with Gasteiger partial charge in [-0.3, -0.25) is 0 Å². The van der Waals surface area contributed by atoms with Gasteiger partial charge in [0.15, 0.2) is 0 Å². The lowest BCUT2D eigenvalue weighted by Crippen LogP contribution is -2.74. The second-order valence-corrected chi connectivity index (χ2v) is 4.84. The van der Waals surface area contributed by atoms with Crippen molar-refractivity contribution in [3.63, 3.8) is 0 Å². The largest absolute Gasteiger partial charge is 0.432 e. The third-order valence-electron chi connectivity index (χ3n) is 3.11. The molecule has 0 heterocycles. The van der Waals surface area contributed by atoms with Crippen molar-refractivity contribution >= 4 is 0 Å². The first-order chi connectivity index (χ1) is 11.3. The highest BCUT2D eigenvalue weighted by atomic mass is 19.4.